The Bertz CT molecular complexity index is 484. The first kappa shape index (κ1) is 15.0. The Morgan fingerprint density at radius 1 is 1.30 bits per heavy atom. The molecule has 2 atom stereocenters. The third-order valence-corrected chi connectivity index (χ3v) is 3.37. The van der Waals surface area contributed by atoms with Crippen LogP contribution < -0.4 is 5.32 Å². The summed E-state index contributed by atoms with van der Waals surface area (Å²) in [6.45, 7) is 0.908. The summed E-state index contributed by atoms with van der Waals surface area (Å²) in [5, 5.41) is 11.7. The Hall–Kier alpha value is -1.44. The van der Waals surface area contributed by atoms with Crippen LogP contribution in [0, 0.1) is 0 Å². The van der Waals surface area contributed by atoms with Gasteiger partial charge in [-0.15, -0.1) is 0 Å². The van der Waals surface area contributed by atoms with Gasteiger partial charge in [0.05, 0.1) is 19.8 Å². The van der Waals surface area contributed by atoms with Crippen molar-refractivity contribution in [2.75, 3.05) is 19.8 Å². The van der Waals surface area contributed by atoms with Gasteiger partial charge < -0.3 is 19.9 Å². The highest BCUT2D eigenvalue weighted by molar-refractivity contribution is 9.10. The first-order chi connectivity index (χ1) is 9.58. The molecule has 7 heteroatoms. The second-order valence-corrected chi connectivity index (χ2v) is 5.18. The Morgan fingerprint density at radius 2 is 2.00 bits per heavy atom. The van der Waals surface area contributed by atoms with E-state index in [-0.39, 0.29) is 6.61 Å². The van der Waals surface area contributed by atoms with Crippen molar-refractivity contribution in [3.05, 3.63) is 34.3 Å². The van der Waals surface area contributed by atoms with Crippen LogP contribution >= 0.6 is 15.9 Å². The van der Waals surface area contributed by atoms with E-state index < -0.39 is 24.0 Å². The molecule has 108 valence electrons. The highest BCUT2D eigenvalue weighted by Gasteiger charge is 2.28. The number of carbonyl (C=O) groups excluding carboxylic acids is 1. The van der Waals surface area contributed by atoms with Gasteiger partial charge in [0, 0.05) is 4.47 Å². The maximum atomic E-state index is 12.0. The predicted octanol–water partition coefficient (Wildman–Crippen LogP) is 1.11. The number of ether oxygens (including phenoxy) is 2. The van der Waals surface area contributed by atoms with Crippen molar-refractivity contribution in [2.24, 2.45) is 0 Å². The second-order valence-electron chi connectivity index (χ2n) is 4.27. The fraction of sp³-hybridized carbons (Fsp3) is 0.385. The molecule has 0 saturated carbocycles. The van der Waals surface area contributed by atoms with Gasteiger partial charge in [-0.2, -0.15) is 0 Å². The average molecular weight is 344 g/mol. The Labute approximate surface area is 124 Å². The van der Waals surface area contributed by atoms with Gasteiger partial charge in [-0.3, -0.25) is 4.79 Å². The molecule has 2 unspecified atom stereocenters. The third kappa shape index (κ3) is 3.78. The summed E-state index contributed by atoms with van der Waals surface area (Å²) in [5.74, 6) is -1.61. The molecule has 0 spiro atoms. The summed E-state index contributed by atoms with van der Waals surface area (Å²) in [6, 6.07) is 5.61. The minimum atomic E-state index is -1.13. The van der Waals surface area contributed by atoms with Gasteiger partial charge in [-0.25, -0.2) is 4.79 Å². The predicted molar refractivity (Wildman–Crippen MR) is 73.2 cm³/mol. The summed E-state index contributed by atoms with van der Waals surface area (Å²) in [4.78, 5) is 23.3. The van der Waals surface area contributed by atoms with Crippen molar-refractivity contribution < 1.29 is 24.2 Å². The second kappa shape index (κ2) is 6.83. The van der Waals surface area contributed by atoms with Crippen LogP contribution in [-0.4, -0.2) is 42.9 Å². The van der Waals surface area contributed by atoms with Crippen LogP contribution in [0.1, 0.15) is 11.6 Å². The molecule has 1 heterocycles. The lowest BCUT2D eigenvalue weighted by molar-refractivity contribution is -0.152. The van der Waals surface area contributed by atoms with Gasteiger partial charge in [0.1, 0.15) is 0 Å². The number of carboxylic acids is 1. The molecule has 1 fully saturated rings. The Kier molecular flexibility index (Phi) is 5.11. The van der Waals surface area contributed by atoms with E-state index in [1.807, 2.05) is 0 Å². The van der Waals surface area contributed by atoms with Gasteiger partial charge in [0.15, 0.2) is 12.1 Å². The molecule has 20 heavy (non-hydrogen) atoms. The highest BCUT2D eigenvalue weighted by Crippen LogP contribution is 2.18. The molecular formula is C13H14BrNO5. The molecule has 6 nitrogen and oxygen atoms in total. The van der Waals surface area contributed by atoms with E-state index in [4.69, 9.17) is 9.47 Å². The van der Waals surface area contributed by atoms with Gasteiger partial charge >= 0.3 is 5.97 Å². The largest absolute Gasteiger partial charge is 0.479 e. The van der Waals surface area contributed by atoms with Crippen molar-refractivity contribution in [3.8, 4) is 0 Å². The van der Waals surface area contributed by atoms with Crippen molar-refractivity contribution in [1.29, 1.82) is 0 Å². The molecule has 0 bridgehead atoms. The van der Waals surface area contributed by atoms with Crippen LogP contribution in [0.3, 0.4) is 0 Å². The van der Waals surface area contributed by atoms with Crippen LogP contribution in [0.5, 0.6) is 0 Å². The number of benzene rings is 1. The number of hydrogen-bond acceptors (Lipinski definition) is 4. The number of halogens is 1. The van der Waals surface area contributed by atoms with Crippen molar-refractivity contribution >= 4 is 27.8 Å². The van der Waals surface area contributed by atoms with Crippen LogP contribution in [-0.2, 0) is 19.1 Å². The minimum Gasteiger partial charge on any atom is -0.479 e. The number of carbonyl (C=O) groups is 2. The topological polar surface area (TPSA) is 84.9 Å². The maximum Gasteiger partial charge on any atom is 0.330 e. The first-order valence-electron chi connectivity index (χ1n) is 6.06. The van der Waals surface area contributed by atoms with Crippen molar-refractivity contribution in [2.45, 2.75) is 12.1 Å². The van der Waals surface area contributed by atoms with Crippen molar-refractivity contribution in [3.63, 3.8) is 0 Å². The minimum absolute atomic E-state index is 0.137. The van der Waals surface area contributed by atoms with E-state index in [1.165, 1.54) is 0 Å². The van der Waals surface area contributed by atoms with Gasteiger partial charge in [0.25, 0.3) is 5.91 Å². The number of amides is 1. The zero-order chi connectivity index (χ0) is 14.5. The average Bonchev–Trinajstić information content (AvgIpc) is 2.46. The molecule has 0 aliphatic carbocycles. The van der Waals surface area contributed by atoms with E-state index >= 15 is 0 Å². The zero-order valence-corrected chi connectivity index (χ0v) is 12.1. The van der Waals surface area contributed by atoms with Crippen LogP contribution in [0.15, 0.2) is 28.7 Å². The van der Waals surface area contributed by atoms with E-state index in [2.05, 4.69) is 21.2 Å². The van der Waals surface area contributed by atoms with Gasteiger partial charge in [-0.05, 0) is 17.7 Å². The molecule has 1 saturated heterocycles. The molecule has 0 aromatic heterocycles. The summed E-state index contributed by atoms with van der Waals surface area (Å²) < 4.78 is 11.2. The number of nitrogens with one attached hydrogen (secondary N) is 1. The monoisotopic (exact) mass is 343 g/mol. The van der Waals surface area contributed by atoms with E-state index in [0.29, 0.717) is 18.8 Å². The van der Waals surface area contributed by atoms with Crippen molar-refractivity contribution in [1.82, 2.24) is 5.32 Å². The fourth-order valence-electron chi connectivity index (χ4n) is 1.82. The number of carboxylic acid groups (broad SMARTS) is 1. The number of aliphatic carboxylic acids is 1. The zero-order valence-electron chi connectivity index (χ0n) is 10.5. The number of hydrogen-bond donors (Lipinski definition) is 2. The van der Waals surface area contributed by atoms with Crippen LogP contribution in [0.4, 0.5) is 0 Å². The summed E-state index contributed by atoms with van der Waals surface area (Å²) in [6.07, 6.45) is -0.763. The smallest absolute Gasteiger partial charge is 0.330 e. The summed E-state index contributed by atoms with van der Waals surface area (Å²) >= 11 is 3.27. The Balaban J connectivity index is 2.07. The molecule has 1 aliphatic heterocycles. The molecule has 1 aromatic carbocycles. The normalized spacial score (nSPS) is 20.1. The van der Waals surface area contributed by atoms with E-state index in [0.717, 1.165) is 4.47 Å². The Morgan fingerprint density at radius 3 is 2.55 bits per heavy atom. The molecule has 2 N–H and O–H groups in total. The van der Waals surface area contributed by atoms with Crippen LogP contribution in [0.2, 0.25) is 0 Å². The van der Waals surface area contributed by atoms with Gasteiger partial charge in [0.2, 0.25) is 0 Å². The van der Waals surface area contributed by atoms with E-state index in [1.54, 1.807) is 24.3 Å². The summed E-state index contributed by atoms with van der Waals surface area (Å²) in [5.41, 5.74) is 0.491. The molecule has 1 aliphatic rings. The first-order valence-corrected chi connectivity index (χ1v) is 6.85. The SMILES string of the molecule is O=C(NC(C(=O)O)c1ccc(Br)cc1)C1COCCO1. The molecule has 1 amide bonds. The van der Waals surface area contributed by atoms with E-state index in [9.17, 15) is 14.7 Å². The maximum absolute atomic E-state index is 12.0. The fourth-order valence-corrected chi connectivity index (χ4v) is 2.08. The molecule has 1 aromatic rings. The highest BCUT2D eigenvalue weighted by atomic mass is 79.9. The molecule has 2 rings (SSSR count). The summed E-state index contributed by atoms with van der Waals surface area (Å²) in [7, 11) is 0. The number of rotatable bonds is 4. The van der Waals surface area contributed by atoms with Crippen LogP contribution in [0.25, 0.3) is 0 Å². The van der Waals surface area contributed by atoms with Gasteiger partial charge in [-0.1, -0.05) is 28.1 Å². The lowest BCUT2D eigenvalue weighted by Gasteiger charge is -2.24. The third-order valence-electron chi connectivity index (χ3n) is 2.85. The quantitative estimate of drug-likeness (QED) is 0.855. The standard InChI is InChI=1S/C13H14BrNO5/c14-9-3-1-8(2-4-9)11(13(17)18)15-12(16)10-7-19-5-6-20-10/h1-4,10-11H,5-7H2,(H,15,16)(H,17,18). The lowest BCUT2D eigenvalue weighted by atomic mass is 10.1. The molecule has 0 radical (unpaired) electrons. The molecular weight excluding hydrogens is 330 g/mol. The lowest BCUT2D eigenvalue weighted by Crippen LogP contribution is -2.45.